The Balaban J connectivity index is 2.01. The molecule has 3 N–H and O–H groups in total. The Morgan fingerprint density at radius 3 is 2.62 bits per heavy atom. The van der Waals surface area contributed by atoms with Crippen LogP contribution >= 0.6 is 11.3 Å². The molecule has 0 bridgehead atoms. The molecule has 21 heavy (non-hydrogen) atoms. The summed E-state index contributed by atoms with van der Waals surface area (Å²) in [7, 11) is 0. The first-order valence-electron chi connectivity index (χ1n) is 7.69. The number of amides is 1. The summed E-state index contributed by atoms with van der Waals surface area (Å²) in [6.07, 6.45) is 0.932. The second kappa shape index (κ2) is 7.13. The van der Waals surface area contributed by atoms with Gasteiger partial charge in [0, 0.05) is 38.8 Å². The lowest BCUT2D eigenvalue weighted by molar-refractivity contribution is 0.0958. The molecule has 5 nitrogen and oxygen atoms in total. The van der Waals surface area contributed by atoms with E-state index in [4.69, 9.17) is 5.73 Å². The number of piperazine rings is 1. The second-order valence-electron chi connectivity index (χ2n) is 5.74. The maximum atomic E-state index is 12.1. The number of nitrogens with zero attached hydrogens (tertiary/aromatic N) is 2. The van der Waals surface area contributed by atoms with Crippen molar-refractivity contribution in [2.75, 3.05) is 43.4 Å². The van der Waals surface area contributed by atoms with Crippen LogP contribution in [0.3, 0.4) is 0 Å². The fourth-order valence-electron chi connectivity index (χ4n) is 2.50. The van der Waals surface area contributed by atoms with E-state index < -0.39 is 0 Å². The van der Waals surface area contributed by atoms with Crippen LogP contribution in [-0.2, 0) is 0 Å². The van der Waals surface area contributed by atoms with Gasteiger partial charge in [0.1, 0.15) is 4.88 Å². The molecule has 0 aromatic carbocycles. The van der Waals surface area contributed by atoms with E-state index in [1.165, 1.54) is 11.3 Å². The number of carbonyl (C=O) groups is 1. The molecule has 1 fully saturated rings. The van der Waals surface area contributed by atoms with Gasteiger partial charge in [0.15, 0.2) is 0 Å². The molecule has 6 heteroatoms. The summed E-state index contributed by atoms with van der Waals surface area (Å²) in [6.45, 7) is 11.3. The average Bonchev–Trinajstić information content (AvgIpc) is 2.87. The molecule has 1 aromatic heterocycles. The third-order valence-corrected chi connectivity index (χ3v) is 5.06. The molecule has 1 amide bonds. The molecular weight excluding hydrogens is 284 g/mol. The topological polar surface area (TPSA) is 61.6 Å². The highest BCUT2D eigenvalue weighted by Gasteiger charge is 2.22. The molecule has 1 aliphatic heterocycles. The highest BCUT2D eigenvalue weighted by atomic mass is 32.1. The lowest BCUT2D eigenvalue weighted by Crippen LogP contribution is -2.48. The Bertz CT molecular complexity index is 478. The van der Waals surface area contributed by atoms with Crippen molar-refractivity contribution in [3.8, 4) is 0 Å². The SMILES string of the molecule is CCCNC(=O)c1sc(N2CCN(C(C)C)CC2)cc1N. The number of nitrogens with one attached hydrogen (secondary N) is 1. The normalized spacial score (nSPS) is 16.5. The van der Waals surface area contributed by atoms with Gasteiger partial charge < -0.3 is 16.0 Å². The minimum atomic E-state index is -0.0496. The summed E-state index contributed by atoms with van der Waals surface area (Å²) in [6, 6.07) is 2.53. The summed E-state index contributed by atoms with van der Waals surface area (Å²) in [4.78, 5) is 17.5. The monoisotopic (exact) mass is 310 g/mol. The van der Waals surface area contributed by atoms with Crippen molar-refractivity contribution in [2.24, 2.45) is 0 Å². The summed E-state index contributed by atoms with van der Waals surface area (Å²) >= 11 is 1.50. The number of nitrogen functional groups attached to an aromatic ring is 1. The third-order valence-electron chi connectivity index (χ3n) is 3.85. The number of rotatable bonds is 5. The smallest absolute Gasteiger partial charge is 0.263 e. The summed E-state index contributed by atoms with van der Waals surface area (Å²) in [5.41, 5.74) is 6.60. The molecule has 1 saturated heterocycles. The highest BCUT2D eigenvalue weighted by Crippen LogP contribution is 2.32. The Kier molecular flexibility index (Phi) is 5.47. The van der Waals surface area contributed by atoms with Crippen LogP contribution in [0.25, 0.3) is 0 Å². The summed E-state index contributed by atoms with van der Waals surface area (Å²) in [5.74, 6) is -0.0496. The molecule has 2 heterocycles. The van der Waals surface area contributed by atoms with Gasteiger partial charge in [0.25, 0.3) is 5.91 Å². The third kappa shape index (κ3) is 3.89. The maximum Gasteiger partial charge on any atom is 0.263 e. The molecule has 0 atom stereocenters. The molecule has 0 saturated carbocycles. The van der Waals surface area contributed by atoms with Crippen molar-refractivity contribution in [3.05, 3.63) is 10.9 Å². The van der Waals surface area contributed by atoms with Gasteiger partial charge in [-0.25, -0.2) is 0 Å². The fraction of sp³-hybridized carbons (Fsp3) is 0.667. The zero-order chi connectivity index (χ0) is 15.4. The molecule has 0 spiro atoms. The highest BCUT2D eigenvalue weighted by molar-refractivity contribution is 7.18. The van der Waals surface area contributed by atoms with Crippen LogP contribution in [0, 0.1) is 0 Å². The first-order valence-corrected chi connectivity index (χ1v) is 8.51. The van der Waals surface area contributed by atoms with Crippen molar-refractivity contribution in [1.82, 2.24) is 10.2 Å². The molecule has 0 radical (unpaired) electrons. The molecule has 1 aliphatic rings. The van der Waals surface area contributed by atoms with Crippen molar-refractivity contribution in [2.45, 2.75) is 33.2 Å². The van der Waals surface area contributed by atoms with Crippen LogP contribution in [0.5, 0.6) is 0 Å². The summed E-state index contributed by atoms with van der Waals surface area (Å²) in [5, 5.41) is 4.00. The lowest BCUT2D eigenvalue weighted by atomic mass is 10.2. The van der Waals surface area contributed by atoms with Crippen LogP contribution < -0.4 is 16.0 Å². The Morgan fingerprint density at radius 2 is 2.05 bits per heavy atom. The Hall–Kier alpha value is -1.27. The van der Waals surface area contributed by atoms with Gasteiger partial charge in [-0.3, -0.25) is 9.69 Å². The average molecular weight is 310 g/mol. The number of anilines is 2. The van der Waals surface area contributed by atoms with Gasteiger partial charge in [-0.05, 0) is 26.3 Å². The quantitative estimate of drug-likeness (QED) is 0.873. The molecule has 0 aliphatic carbocycles. The van der Waals surface area contributed by atoms with Gasteiger partial charge in [-0.2, -0.15) is 0 Å². The first kappa shape index (κ1) is 16.1. The Morgan fingerprint density at radius 1 is 1.38 bits per heavy atom. The minimum Gasteiger partial charge on any atom is -0.397 e. The van der Waals surface area contributed by atoms with Gasteiger partial charge in [-0.15, -0.1) is 11.3 Å². The van der Waals surface area contributed by atoms with E-state index in [-0.39, 0.29) is 5.91 Å². The second-order valence-corrected chi connectivity index (χ2v) is 6.77. The van der Waals surface area contributed by atoms with Crippen LogP contribution in [0.15, 0.2) is 6.07 Å². The molecular formula is C15H26N4OS. The number of nitrogens with two attached hydrogens (primary N) is 1. The number of hydrogen-bond donors (Lipinski definition) is 2. The van der Waals surface area contributed by atoms with E-state index in [9.17, 15) is 4.79 Å². The maximum absolute atomic E-state index is 12.1. The van der Waals surface area contributed by atoms with E-state index in [1.807, 2.05) is 13.0 Å². The van der Waals surface area contributed by atoms with Crippen LogP contribution in [0.2, 0.25) is 0 Å². The van der Waals surface area contributed by atoms with E-state index in [0.29, 0.717) is 23.2 Å². The van der Waals surface area contributed by atoms with Gasteiger partial charge in [-0.1, -0.05) is 6.92 Å². The summed E-state index contributed by atoms with van der Waals surface area (Å²) < 4.78 is 0. The van der Waals surface area contributed by atoms with E-state index in [2.05, 4.69) is 29.0 Å². The largest absolute Gasteiger partial charge is 0.397 e. The number of hydrogen-bond acceptors (Lipinski definition) is 5. The van der Waals surface area contributed by atoms with Crippen LogP contribution in [0.4, 0.5) is 10.7 Å². The molecule has 1 aromatic rings. The van der Waals surface area contributed by atoms with E-state index in [1.54, 1.807) is 0 Å². The van der Waals surface area contributed by atoms with Crippen molar-refractivity contribution in [3.63, 3.8) is 0 Å². The number of carbonyl (C=O) groups excluding carboxylic acids is 1. The zero-order valence-electron chi connectivity index (χ0n) is 13.2. The number of thiophene rings is 1. The van der Waals surface area contributed by atoms with Crippen LogP contribution in [-0.4, -0.2) is 49.6 Å². The fourth-order valence-corrected chi connectivity index (χ4v) is 3.55. The van der Waals surface area contributed by atoms with E-state index >= 15 is 0 Å². The van der Waals surface area contributed by atoms with Crippen LogP contribution in [0.1, 0.15) is 36.9 Å². The van der Waals surface area contributed by atoms with Gasteiger partial charge in [0.05, 0.1) is 10.7 Å². The van der Waals surface area contributed by atoms with Crippen molar-refractivity contribution in [1.29, 1.82) is 0 Å². The molecule has 0 unspecified atom stereocenters. The minimum absolute atomic E-state index is 0.0496. The Labute approximate surface area is 131 Å². The standard InChI is InChI=1S/C15H26N4OS/c1-4-5-17-15(20)14-12(16)10-13(21-14)19-8-6-18(7-9-19)11(2)3/h10-11H,4-9,16H2,1-3H3,(H,17,20). The van der Waals surface area contributed by atoms with Gasteiger partial charge in [0.2, 0.25) is 0 Å². The van der Waals surface area contributed by atoms with E-state index in [0.717, 1.165) is 37.6 Å². The molecule has 118 valence electrons. The first-order chi connectivity index (χ1) is 10.0. The van der Waals surface area contributed by atoms with Gasteiger partial charge >= 0.3 is 0 Å². The predicted molar refractivity (Wildman–Crippen MR) is 90.3 cm³/mol. The van der Waals surface area contributed by atoms with Crippen molar-refractivity contribution < 1.29 is 4.79 Å². The predicted octanol–water partition coefficient (Wildman–Crippen LogP) is 2.00. The zero-order valence-corrected chi connectivity index (χ0v) is 14.0. The van der Waals surface area contributed by atoms with Crippen molar-refractivity contribution >= 4 is 27.9 Å². The lowest BCUT2D eigenvalue weighted by Gasteiger charge is -2.37. The molecule has 2 rings (SSSR count).